The summed E-state index contributed by atoms with van der Waals surface area (Å²) in [7, 11) is 0. The van der Waals surface area contributed by atoms with Crippen molar-refractivity contribution in [3.05, 3.63) is 95.6 Å². The molecule has 0 spiro atoms. The smallest absolute Gasteiger partial charge is 0.251 e. The number of carbonyl (C=O) groups is 2. The molecule has 3 rings (SSSR count). The Morgan fingerprint density at radius 1 is 0.679 bits per heavy atom. The molecule has 3 aromatic rings. The predicted octanol–water partition coefficient (Wildman–Crippen LogP) is 2.42. The number of hydrogen-bond acceptors (Lipinski definition) is 4. The van der Waals surface area contributed by atoms with Crippen LogP contribution in [0.1, 0.15) is 31.8 Å². The summed E-state index contributed by atoms with van der Waals surface area (Å²) >= 11 is 0. The molecule has 2 aromatic heterocycles. The molecule has 142 valence electrons. The van der Waals surface area contributed by atoms with Crippen molar-refractivity contribution in [1.82, 2.24) is 20.6 Å². The van der Waals surface area contributed by atoms with Crippen LogP contribution in [0, 0.1) is 0 Å². The van der Waals surface area contributed by atoms with Crippen LogP contribution in [0.2, 0.25) is 0 Å². The van der Waals surface area contributed by atoms with E-state index < -0.39 is 0 Å². The van der Waals surface area contributed by atoms with Crippen molar-refractivity contribution in [3.8, 4) is 0 Å². The molecular formula is C22H22N4O2. The van der Waals surface area contributed by atoms with Gasteiger partial charge in [0, 0.05) is 49.0 Å². The molecule has 0 bridgehead atoms. The fourth-order valence-corrected chi connectivity index (χ4v) is 2.71. The Hall–Kier alpha value is -3.54. The highest BCUT2D eigenvalue weighted by Gasteiger charge is 2.08. The lowest BCUT2D eigenvalue weighted by molar-refractivity contribution is 0.0942. The van der Waals surface area contributed by atoms with E-state index in [2.05, 4.69) is 20.6 Å². The highest BCUT2D eigenvalue weighted by atomic mass is 16.2. The maximum atomic E-state index is 12.2. The van der Waals surface area contributed by atoms with Gasteiger partial charge in [0.2, 0.25) is 0 Å². The molecule has 0 atom stereocenters. The largest absolute Gasteiger partial charge is 0.352 e. The van der Waals surface area contributed by atoms with Gasteiger partial charge in [0.1, 0.15) is 0 Å². The summed E-state index contributed by atoms with van der Waals surface area (Å²) in [5.74, 6) is -0.320. The number of aromatic nitrogens is 2. The molecule has 0 aliphatic rings. The van der Waals surface area contributed by atoms with E-state index in [4.69, 9.17) is 0 Å². The lowest BCUT2D eigenvalue weighted by Gasteiger charge is -2.07. The average Bonchev–Trinajstić information content (AvgIpc) is 2.75. The molecule has 0 radical (unpaired) electrons. The van der Waals surface area contributed by atoms with Gasteiger partial charge in [-0.05, 0) is 60.4 Å². The first-order valence-corrected chi connectivity index (χ1v) is 9.16. The first-order chi connectivity index (χ1) is 13.7. The average molecular weight is 374 g/mol. The van der Waals surface area contributed by atoms with Crippen molar-refractivity contribution in [2.75, 3.05) is 13.1 Å². The molecule has 0 aliphatic heterocycles. The van der Waals surface area contributed by atoms with Gasteiger partial charge in [0.05, 0.1) is 0 Å². The van der Waals surface area contributed by atoms with Gasteiger partial charge in [-0.3, -0.25) is 19.6 Å². The van der Waals surface area contributed by atoms with E-state index >= 15 is 0 Å². The summed E-state index contributed by atoms with van der Waals surface area (Å²) in [6.07, 6.45) is 8.45. The summed E-state index contributed by atoms with van der Waals surface area (Å²) in [6, 6.07) is 14.3. The molecule has 0 unspecified atom stereocenters. The number of amides is 2. The maximum absolute atomic E-state index is 12.2. The Morgan fingerprint density at radius 2 is 1.11 bits per heavy atom. The van der Waals surface area contributed by atoms with Gasteiger partial charge in [0.15, 0.2) is 0 Å². The van der Waals surface area contributed by atoms with Crippen molar-refractivity contribution in [3.63, 3.8) is 0 Å². The SMILES string of the molecule is O=C(NCCc1cccnc1)c1ccc(C(=O)NCCc2cccnc2)cc1. The maximum Gasteiger partial charge on any atom is 0.251 e. The van der Waals surface area contributed by atoms with Crippen molar-refractivity contribution in [2.24, 2.45) is 0 Å². The summed E-state index contributed by atoms with van der Waals surface area (Å²) in [5.41, 5.74) is 3.19. The van der Waals surface area contributed by atoms with Crippen LogP contribution < -0.4 is 10.6 Å². The van der Waals surface area contributed by atoms with Gasteiger partial charge in [-0.25, -0.2) is 0 Å². The van der Waals surface area contributed by atoms with E-state index in [1.165, 1.54) is 0 Å². The Balaban J connectivity index is 1.44. The second-order valence-electron chi connectivity index (χ2n) is 6.31. The number of nitrogens with zero attached hydrogens (tertiary/aromatic N) is 2. The zero-order valence-corrected chi connectivity index (χ0v) is 15.5. The Kier molecular flexibility index (Phi) is 6.84. The van der Waals surface area contributed by atoms with Gasteiger partial charge in [-0.15, -0.1) is 0 Å². The van der Waals surface area contributed by atoms with Gasteiger partial charge < -0.3 is 10.6 Å². The monoisotopic (exact) mass is 374 g/mol. The Labute approximate surface area is 164 Å². The molecule has 0 saturated carbocycles. The fourth-order valence-electron chi connectivity index (χ4n) is 2.71. The minimum Gasteiger partial charge on any atom is -0.352 e. The van der Waals surface area contributed by atoms with Crippen LogP contribution in [-0.4, -0.2) is 34.9 Å². The van der Waals surface area contributed by atoms with Gasteiger partial charge in [0.25, 0.3) is 11.8 Å². The number of pyridine rings is 2. The topological polar surface area (TPSA) is 84.0 Å². The first kappa shape index (κ1) is 19.2. The summed E-state index contributed by atoms with van der Waals surface area (Å²) in [6.45, 7) is 1.06. The third kappa shape index (κ3) is 5.74. The number of benzene rings is 1. The van der Waals surface area contributed by atoms with Crippen LogP contribution in [0.4, 0.5) is 0 Å². The van der Waals surface area contributed by atoms with Crippen LogP contribution in [0.25, 0.3) is 0 Å². The molecule has 6 heteroatoms. The highest BCUT2D eigenvalue weighted by Crippen LogP contribution is 2.05. The third-order valence-electron chi connectivity index (χ3n) is 4.25. The zero-order chi connectivity index (χ0) is 19.6. The number of carbonyl (C=O) groups excluding carboxylic acids is 2. The van der Waals surface area contributed by atoms with Crippen molar-refractivity contribution < 1.29 is 9.59 Å². The van der Waals surface area contributed by atoms with Gasteiger partial charge >= 0.3 is 0 Å². The molecule has 2 amide bonds. The van der Waals surface area contributed by atoms with Crippen LogP contribution in [0.15, 0.2) is 73.3 Å². The summed E-state index contributed by atoms with van der Waals surface area (Å²) in [5, 5.41) is 5.75. The minimum atomic E-state index is -0.160. The van der Waals surface area contributed by atoms with E-state index in [1.807, 2.05) is 24.3 Å². The van der Waals surface area contributed by atoms with Crippen molar-refractivity contribution >= 4 is 11.8 Å². The molecule has 28 heavy (non-hydrogen) atoms. The Morgan fingerprint density at radius 3 is 1.46 bits per heavy atom. The van der Waals surface area contributed by atoms with E-state index in [0.717, 1.165) is 24.0 Å². The number of hydrogen-bond donors (Lipinski definition) is 2. The first-order valence-electron chi connectivity index (χ1n) is 9.16. The molecule has 1 aromatic carbocycles. The molecule has 2 N–H and O–H groups in total. The fraction of sp³-hybridized carbons (Fsp3) is 0.182. The number of nitrogens with one attached hydrogen (secondary N) is 2. The van der Waals surface area contributed by atoms with Gasteiger partial charge in [-0.1, -0.05) is 12.1 Å². The molecule has 0 saturated heterocycles. The quantitative estimate of drug-likeness (QED) is 0.634. The van der Waals surface area contributed by atoms with Gasteiger partial charge in [-0.2, -0.15) is 0 Å². The van der Waals surface area contributed by atoms with Crippen molar-refractivity contribution in [2.45, 2.75) is 12.8 Å². The predicted molar refractivity (Wildman–Crippen MR) is 107 cm³/mol. The normalized spacial score (nSPS) is 10.3. The molecule has 0 aliphatic carbocycles. The standard InChI is InChI=1S/C22H22N4O2/c27-21(25-13-9-17-3-1-11-23-15-17)19-5-7-20(8-6-19)22(28)26-14-10-18-4-2-12-24-16-18/h1-8,11-12,15-16H,9-10,13-14H2,(H,25,27)(H,26,28). The lowest BCUT2D eigenvalue weighted by atomic mass is 10.1. The van der Waals surface area contributed by atoms with Crippen molar-refractivity contribution in [1.29, 1.82) is 0 Å². The number of rotatable bonds is 8. The van der Waals surface area contributed by atoms with E-state index in [-0.39, 0.29) is 11.8 Å². The van der Waals surface area contributed by atoms with Crippen LogP contribution >= 0.6 is 0 Å². The summed E-state index contributed by atoms with van der Waals surface area (Å²) < 4.78 is 0. The third-order valence-corrected chi connectivity index (χ3v) is 4.25. The van der Waals surface area contributed by atoms with E-state index in [1.54, 1.807) is 49.1 Å². The van der Waals surface area contributed by atoms with Crippen LogP contribution in [0.3, 0.4) is 0 Å². The van der Waals surface area contributed by atoms with Crippen LogP contribution in [0.5, 0.6) is 0 Å². The van der Waals surface area contributed by atoms with E-state index in [9.17, 15) is 9.59 Å². The van der Waals surface area contributed by atoms with E-state index in [0.29, 0.717) is 24.2 Å². The second-order valence-corrected chi connectivity index (χ2v) is 6.31. The minimum absolute atomic E-state index is 0.160. The van der Waals surface area contributed by atoms with Crippen LogP contribution in [-0.2, 0) is 12.8 Å². The second kappa shape index (κ2) is 9.97. The molecule has 2 heterocycles. The molecular weight excluding hydrogens is 352 g/mol. The molecule has 0 fully saturated rings. The highest BCUT2D eigenvalue weighted by molar-refractivity contribution is 5.97. The Bertz CT molecular complexity index is 820. The molecule has 6 nitrogen and oxygen atoms in total. The lowest BCUT2D eigenvalue weighted by Crippen LogP contribution is -2.27. The summed E-state index contributed by atoms with van der Waals surface area (Å²) in [4.78, 5) is 32.5. The zero-order valence-electron chi connectivity index (χ0n) is 15.5.